The number of benzene rings is 1. The van der Waals surface area contributed by atoms with Gasteiger partial charge in [0.25, 0.3) is 0 Å². The molecule has 30 heavy (non-hydrogen) atoms. The summed E-state index contributed by atoms with van der Waals surface area (Å²) < 4.78 is 2.24. The molecular weight excluding hydrogens is 555 g/mol. The van der Waals surface area contributed by atoms with Crippen molar-refractivity contribution in [3.05, 3.63) is 71.8 Å². The Bertz CT molecular complexity index is 1160. The summed E-state index contributed by atoms with van der Waals surface area (Å²) in [5, 5.41) is 10.8. The van der Waals surface area contributed by atoms with Gasteiger partial charge in [0.15, 0.2) is 5.78 Å². The molecule has 1 aliphatic rings. The molecule has 0 saturated heterocycles. The number of allylic oxidation sites excluding steroid dienone is 2. The van der Waals surface area contributed by atoms with Gasteiger partial charge in [0.2, 0.25) is 0 Å². The molecule has 0 saturated carbocycles. The number of aryl methyl sites for hydroxylation is 1. The number of nitrogens with zero attached hydrogens (tertiary/aromatic N) is 3. The maximum atomic E-state index is 10.0. The molecule has 6 heteroatoms. The normalized spacial score (nSPS) is 13.3. The molecule has 1 radical (unpaired) electrons. The molecule has 1 N–H and O–H groups in total. The molecule has 0 unspecified atom stereocenters. The van der Waals surface area contributed by atoms with Crippen LogP contribution in [0.1, 0.15) is 37.8 Å². The van der Waals surface area contributed by atoms with Crippen LogP contribution in [0.15, 0.2) is 60.6 Å². The second-order valence-corrected chi connectivity index (χ2v) is 7.42. The van der Waals surface area contributed by atoms with Crippen LogP contribution < -0.4 is 4.98 Å². The van der Waals surface area contributed by atoms with Crippen molar-refractivity contribution in [2.45, 2.75) is 39.5 Å². The van der Waals surface area contributed by atoms with Gasteiger partial charge in [-0.15, -0.1) is 0 Å². The van der Waals surface area contributed by atoms with Crippen molar-refractivity contribution in [2.75, 3.05) is 0 Å². The van der Waals surface area contributed by atoms with Gasteiger partial charge in [-0.1, -0.05) is 36.5 Å². The summed E-state index contributed by atoms with van der Waals surface area (Å²) >= 11 is 0. The number of carbonyl (C=O) groups is 1. The van der Waals surface area contributed by atoms with Crippen molar-refractivity contribution in [1.29, 1.82) is 0 Å². The van der Waals surface area contributed by atoms with Gasteiger partial charge in [0.05, 0.1) is 11.4 Å². The Morgan fingerprint density at radius 2 is 1.83 bits per heavy atom. The number of aliphatic hydroxyl groups excluding tert-OH is 1. The third-order valence-corrected chi connectivity index (χ3v) is 5.18. The first-order chi connectivity index (χ1) is 14.1. The van der Waals surface area contributed by atoms with Crippen molar-refractivity contribution in [2.24, 2.45) is 0 Å². The third kappa shape index (κ3) is 4.25. The monoisotopic (exact) mass is 579 g/mol. The van der Waals surface area contributed by atoms with E-state index in [1.807, 2.05) is 12.3 Å². The van der Waals surface area contributed by atoms with E-state index in [1.54, 1.807) is 0 Å². The summed E-state index contributed by atoms with van der Waals surface area (Å²) in [7, 11) is 0. The standard InChI is InChI=1S/C19H16N3.C5H8O2.Ir/c1-2-7-14-13(6-1)12-21-18(14)22-17-10-4-3-8-15(17)16-9-5-11-20-19(16)22;1-4(6)3-5(2)7;/h3-5,8-12H,1-2,6-7H2;3,6H,1-2H3;/q-1;;/b;4-3-;. The summed E-state index contributed by atoms with van der Waals surface area (Å²) in [5.74, 6) is 1.02. The molecule has 4 aromatic rings. The molecule has 0 fully saturated rings. The zero-order valence-electron chi connectivity index (χ0n) is 17.1. The zero-order chi connectivity index (χ0) is 20.4. The van der Waals surface area contributed by atoms with E-state index in [4.69, 9.17) is 10.1 Å². The molecule has 0 amide bonds. The third-order valence-electron chi connectivity index (χ3n) is 5.18. The quantitative estimate of drug-likeness (QED) is 0.267. The van der Waals surface area contributed by atoms with Gasteiger partial charge in [-0.05, 0) is 73.4 Å². The predicted octanol–water partition coefficient (Wildman–Crippen LogP) is 5.05. The number of aromatic nitrogens is 3. The fraction of sp³-hybridized carbons (Fsp3) is 0.250. The molecule has 0 bridgehead atoms. The Kier molecular flexibility index (Phi) is 6.91. The van der Waals surface area contributed by atoms with Crippen molar-refractivity contribution >= 4 is 27.7 Å². The molecule has 157 valence electrons. The van der Waals surface area contributed by atoms with Gasteiger partial charge >= 0.3 is 0 Å². The van der Waals surface area contributed by atoms with Crippen LogP contribution in [0.3, 0.4) is 0 Å². The summed E-state index contributed by atoms with van der Waals surface area (Å²) in [6, 6.07) is 12.7. The molecule has 5 rings (SSSR count). The minimum absolute atomic E-state index is 0. The molecule has 0 atom stereocenters. The molecule has 3 heterocycles. The van der Waals surface area contributed by atoms with Gasteiger partial charge in [0, 0.05) is 37.8 Å². The predicted molar refractivity (Wildman–Crippen MR) is 116 cm³/mol. The smallest absolute Gasteiger partial charge is 0.155 e. The largest absolute Gasteiger partial charge is 0.512 e. The van der Waals surface area contributed by atoms with Crippen LogP contribution in [0, 0.1) is 0 Å². The van der Waals surface area contributed by atoms with Crippen LogP contribution in [-0.2, 0) is 37.7 Å². The van der Waals surface area contributed by atoms with E-state index >= 15 is 0 Å². The van der Waals surface area contributed by atoms with Gasteiger partial charge in [-0.25, -0.2) is 0 Å². The second kappa shape index (κ2) is 9.41. The van der Waals surface area contributed by atoms with Crippen LogP contribution >= 0.6 is 0 Å². The van der Waals surface area contributed by atoms with E-state index in [9.17, 15) is 4.79 Å². The van der Waals surface area contributed by atoms with Crippen molar-refractivity contribution in [1.82, 2.24) is 14.5 Å². The molecule has 5 nitrogen and oxygen atoms in total. The minimum atomic E-state index is -0.125. The maximum absolute atomic E-state index is 10.0. The van der Waals surface area contributed by atoms with Gasteiger partial charge in [-0.3, -0.25) is 9.78 Å². The van der Waals surface area contributed by atoms with Crippen LogP contribution in [0.2, 0.25) is 0 Å². The Balaban J connectivity index is 0.000000281. The Hall–Kier alpha value is -2.69. The molecule has 0 aliphatic heterocycles. The minimum Gasteiger partial charge on any atom is -0.512 e. The van der Waals surface area contributed by atoms with E-state index in [0.29, 0.717) is 0 Å². The molecule has 1 aromatic carbocycles. The molecule has 0 spiro atoms. The number of hydrogen-bond acceptors (Lipinski definition) is 3. The number of carbonyl (C=O) groups excluding carboxylic acids is 1. The first-order valence-corrected chi connectivity index (χ1v) is 9.92. The van der Waals surface area contributed by atoms with Gasteiger partial charge in [-0.2, -0.15) is 0 Å². The van der Waals surface area contributed by atoms with Crippen LogP contribution in [0.5, 0.6) is 0 Å². The number of para-hydroxylation sites is 1. The van der Waals surface area contributed by atoms with Crippen molar-refractivity contribution in [3.63, 3.8) is 0 Å². The van der Waals surface area contributed by atoms with Crippen LogP contribution in [0.4, 0.5) is 0 Å². The SMILES string of the molecule is CC(=O)/C=C(/C)O.[Ir].c1ccc2c(c1)c1cccnc1n2-c1[n-]cc2c1CCCC2. The average Bonchev–Trinajstić information content (AvgIpc) is 3.26. The fourth-order valence-corrected chi connectivity index (χ4v) is 4.04. The van der Waals surface area contributed by atoms with E-state index in [-0.39, 0.29) is 31.6 Å². The fourth-order valence-electron chi connectivity index (χ4n) is 4.04. The van der Waals surface area contributed by atoms with E-state index in [1.165, 1.54) is 60.2 Å². The maximum Gasteiger partial charge on any atom is 0.155 e. The topological polar surface area (TPSA) is 69.2 Å². The number of pyridine rings is 1. The van der Waals surface area contributed by atoms with E-state index in [2.05, 4.69) is 46.1 Å². The Labute approximate surface area is 189 Å². The van der Waals surface area contributed by atoms with Gasteiger partial charge < -0.3 is 14.7 Å². The molecule has 3 aromatic heterocycles. The average molecular weight is 579 g/mol. The zero-order valence-corrected chi connectivity index (χ0v) is 19.5. The van der Waals surface area contributed by atoms with Crippen molar-refractivity contribution < 1.29 is 30.0 Å². The Morgan fingerprint density at radius 3 is 2.57 bits per heavy atom. The first-order valence-electron chi connectivity index (χ1n) is 9.92. The van der Waals surface area contributed by atoms with E-state index < -0.39 is 0 Å². The number of fused-ring (bicyclic) bond motifs is 4. The van der Waals surface area contributed by atoms with Crippen molar-refractivity contribution in [3.8, 4) is 5.82 Å². The summed E-state index contributed by atoms with van der Waals surface area (Å²) in [5.41, 5.74) is 5.04. The summed E-state index contributed by atoms with van der Waals surface area (Å²) in [4.78, 5) is 19.4. The number of rotatable bonds is 2. The first kappa shape index (κ1) is 22.0. The molecule has 1 aliphatic carbocycles. The number of ketones is 1. The molecular formula is C24H24IrN3O2-. The van der Waals surface area contributed by atoms with E-state index in [0.717, 1.165) is 24.3 Å². The van der Waals surface area contributed by atoms with Crippen LogP contribution in [-0.4, -0.2) is 20.4 Å². The van der Waals surface area contributed by atoms with Crippen LogP contribution in [0.25, 0.3) is 27.8 Å². The van der Waals surface area contributed by atoms with Gasteiger partial charge in [0.1, 0.15) is 0 Å². The Morgan fingerprint density at radius 1 is 1.10 bits per heavy atom. The second-order valence-electron chi connectivity index (χ2n) is 7.42. The number of aliphatic hydroxyl groups is 1. The summed E-state index contributed by atoms with van der Waals surface area (Å²) in [6.07, 6.45) is 9.93. The summed E-state index contributed by atoms with van der Waals surface area (Å²) in [6.45, 7) is 2.85. The number of hydrogen-bond donors (Lipinski definition) is 1.